The lowest BCUT2D eigenvalue weighted by Crippen LogP contribution is -2.25. The van der Waals surface area contributed by atoms with Crippen LogP contribution < -0.4 is 10.2 Å². The third-order valence-electron chi connectivity index (χ3n) is 5.96. The summed E-state index contributed by atoms with van der Waals surface area (Å²) in [4.78, 5) is 30.9. The van der Waals surface area contributed by atoms with Crippen molar-refractivity contribution < 1.29 is 14.0 Å². The highest BCUT2D eigenvalue weighted by Crippen LogP contribution is 2.33. The predicted octanol–water partition coefficient (Wildman–Crippen LogP) is 5.49. The Kier molecular flexibility index (Phi) is 5.95. The van der Waals surface area contributed by atoms with Gasteiger partial charge in [0.15, 0.2) is 11.7 Å². The van der Waals surface area contributed by atoms with E-state index in [1.165, 1.54) is 0 Å². The maximum atomic E-state index is 12.6. The maximum absolute atomic E-state index is 12.6. The Hall–Kier alpha value is -4.19. The average Bonchev–Trinajstić information content (AvgIpc) is 3.48. The van der Waals surface area contributed by atoms with Gasteiger partial charge < -0.3 is 14.6 Å². The minimum atomic E-state index is -0.109. The summed E-state index contributed by atoms with van der Waals surface area (Å²) in [6.07, 6.45) is 1.43. The molecule has 6 heteroatoms. The van der Waals surface area contributed by atoms with E-state index in [4.69, 9.17) is 9.40 Å². The first-order valence-electron chi connectivity index (χ1n) is 11.4. The predicted molar refractivity (Wildman–Crippen MR) is 132 cm³/mol. The lowest BCUT2D eigenvalue weighted by atomic mass is 10.1. The Morgan fingerprint density at radius 3 is 2.38 bits per heavy atom. The smallest absolute Gasteiger partial charge is 0.224 e. The van der Waals surface area contributed by atoms with E-state index in [1.54, 1.807) is 11.8 Å². The summed E-state index contributed by atoms with van der Waals surface area (Å²) >= 11 is 0. The van der Waals surface area contributed by atoms with E-state index in [0.29, 0.717) is 24.6 Å². The summed E-state index contributed by atoms with van der Waals surface area (Å²) in [5.41, 5.74) is 5.42. The number of amides is 2. The second kappa shape index (κ2) is 9.35. The number of nitrogens with zero attached hydrogens (tertiary/aromatic N) is 2. The van der Waals surface area contributed by atoms with Crippen molar-refractivity contribution in [3.63, 3.8) is 0 Å². The number of oxazole rings is 1. The lowest BCUT2D eigenvalue weighted by molar-refractivity contribution is -0.117. The van der Waals surface area contributed by atoms with Crippen molar-refractivity contribution in [2.24, 2.45) is 0 Å². The van der Waals surface area contributed by atoms with Gasteiger partial charge in [0.25, 0.3) is 0 Å². The molecule has 3 aromatic carbocycles. The Morgan fingerprint density at radius 2 is 1.68 bits per heavy atom. The lowest BCUT2D eigenvalue weighted by Gasteiger charge is -2.15. The zero-order valence-electron chi connectivity index (χ0n) is 19.0. The molecular weight excluding hydrogens is 426 g/mol. The van der Waals surface area contributed by atoms with Crippen LogP contribution in [-0.2, 0) is 22.4 Å². The van der Waals surface area contributed by atoms with E-state index in [9.17, 15) is 9.59 Å². The normalized spacial score (nSPS) is 12.4. The molecule has 0 unspecified atom stereocenters. The molecular formula is C28H25N3O3. The van der Waals surface area contributed by atoms with Crippen molar-refractivity contribution in [2.45, 2.75) is 26.2 Å². The molecule has 4 aromatic rings. The fourth-order valence-corrected chi connectivity index (χ4v) is 4.30. The molecule has 0 saturated heterocycles. The molecule has 0 atom stereocenters. The number of benzene rings is 3. The summed E-state index contributed by atoms with van der Waals surface area (Å²) < 4.78 is 6.12. The second-order valence-electron chi connectivity index (χ2n) is 8.33. The molecule has 1 N–H and O–H groups in total. The van der Waals surface area contributed by atoms with Crippen LogP contribution in [0.3, 0.4) is 0 Å². The second-order valence-corrected chi connectivity index (χ2v) is 8.33. The first-order chi connectivity index (χ1) is 16.6. The zero-order valence-corrected chi connectivity index (χ0v) is 19.0. The number of aromatic nitrogens is 1. The number of aryl methyl sites for hydroxylation is 1. The van der Waals surface area contributed by atoms with Crippen molar-refractivity contribution in [2.75, 3.05) is 16.8 Å². The van der Waals surface area contributed by atoms with Crippen LogP contribution in [0.15, 0.2) is 83.3 Å². The Bertz CT molecular complexity index is 1270. The minimum absolute atomic E-state index is 0.0335. The molecule has 34 heavy (non-hydrogen) atoms. The average molecular weight is 452 g/mol. The number of anilines is 2. The molecule has 6 nitrogen and oxygen atoms in total. The highest BCUT2D eigenvalue weighted by Gasteiger charge is 2.22. The van der Waals surface area contributed by atoms with Crippen LogP contribution in [0.1, 0.15) is 24.8 Å². The molecule has 0 fully saturated rings. The van der Waals surface area contributed by atoms with Crippen LogP contribution in [-0.4, -0.2) is 23.3 Å². The van der Waals surface area contributed by atoms with Crippen molar-refractivity contribution in [1.82, 2.24) is 4.98 Å². The molecule has 5 rings (SSSR count). The van der Waals surface area contributed by atoms with Crippen LogP contribution in [0, 0.1) is 0 Å². The molecule has 0 radical (unpaired) electrons. The zero-order chi connectivity index (χ0) is 23.5. The number of fused-ring (bicyclic) bond motifs is 1. The monoisotopic (exact) mass is 451 g/mol. The molecule has 1 aromatic heterocycles. The fourth-order valence-electron chi connectivity index (χ4n) is 4.30. The molecule has 0 bridgehead atoms. The van der Waals surface area contributed by atoms with E-state index in [2.05, 4.69) is 5.32 Å². The van der Waals surface area contributed by atoms with Gasteiger partial charge in [-0.25, -0.2) is 4.98 Å². The molecule has 170 valence electrons. The quantitative estimate of drug-likeness (QED) is 0.421. The van der Waals surface area contributed by atoms with Crippen molar-refractivity contribution in [3.8, 4) is 22.6 Å². The molecule has 0 saturated carbocycles. The number of rotatable bonds is 6. The van der Waals surface area contributed by atoms with Gasteiger partial charge in [0.1, 0.15) is 5.69 Å². The first-order valence-corrected chi connectivity index (χ1v) is 11.4. The van der Waals surface area contributed by atoms with Crippen LogP contribution in [0.4, 0.5) is 11.4 Å². The van der Waals surface area contributed by atoms with Crippen LogP contribution in [0.5, 0.6) is 0 Å². The fraction of sp³-hybridized carbons (Fsp3) is 0.179. The third-order valence-corrected chi connectivity index (χ3v) is 5.96. The van der Waals surface area contributed by atoms with Gasteiger partial charge in [0.2, 0.25) is 11.8 Å². The van der Waals surface area contributed by atoms with Gasteiger partial charge in [-0.1, -0.05) is 60.7 Å². The molecule has 0 aliphatic carbocycles. The number of nitrogens with one attached hydrogen (secondary N) is 1. The summed E-state index contributed by atoms with van der Waals surface area (Å²) in [5, 5.41) is 2.96. The van der Waals surface area contributed by atoms with E-state index in [0.717, 1.165) is 40.2 Å². The number of carbonyl (C=O) groups is 2. The summed E-state index contributed by atoms with van der Waals surface area (Å²) in [7, 11) is 0. The van der Waals surface area contributed by atoms with E-state index in [1.807, 2.05) is 78.9 Å². The highest BCUT2D eigenvalue weighted by atomic mass is 16.4. The Morgan fingerprint density at radius 1 is 0.971 bits per heavy atom. The van der Waals surface area contributed by atoms with Crippen molar-refractivity contribution in [1.29, 1.82) is 0 Å². The number of hydrogen-bond donors (Lipinski definition) is 1. The third kappa shape index (κ3) is 4.48. The molecule has 0 spiro atoms. The maximum Gasteiger partial charge on any atom is 0.224 e. The molecule has 1 aliphatic heterocycles. The van der Waals surface area contributed by atoms with Crippen LogP contribution >= 0.6 is 0 Å². The highest BCUT2D eigenvalue weighted by molar-refractivity contribution is 5.95. The van der Waals surface area contributed by atoms with Gasteiger partial charge in [0.05, 0.1) is 0 Å². The minimum Gasteiger partial charge on any atom is -0.440 e. The van der Waals surface area contributed by atoms with Crippen LogP contribution in [0.25, 0.3) is 22.6 Å². The van der Waals surface area contributed by atoms with Gasteiger partial charge in [-0.15, -0.1) is 0 Å². The largest absolute Gasteiger partial charge is 0.440 e. The van der Waals surface area contributed by atoms with Crippen molar-refractivity contribution in [3.05, 3.63) is 90.3 Å². The van der Waals surface area contributed by atoms with E-state index in [-0.39, 0.29) is 18.2 Å². The van der Waals surface area contributed by atoms with Gasteiger partial charge in [-0.3, -0.25) is 9.59 Å². The number of hydrogen-bond acceptors (Lipinski definition) is 4. The van der Waals surface area contributed by atoms with Gasteiger partial charge in [0, 0.05) is 48.8 Å². The number of carbonyl (C=O) groups excluding carboxylic acids is 2. The summed E-state index contributed by atoms with van der Waals surface area (Å²) in [6.45, 7) is 2.25. The first kappa shape index (κ1) is 21.6. The summed E-state index contributed by atoms with van der Waals surface area (Å²) in [6, 6.07) is 25.5. The van der Waals surface area contributed by atoms with Crippen molar-refractivity contribution >= 4 is 23.2 Å². The Labute approximate surface area is 198 Å². The van der Waals surface area contributed by atoms with Gasteiger partial charge >= 0.3 is 0 Å². The Balaban J connectivity index is 1.29. The SMILES string of the molecule is CC(=O)N1CCc2cc(NC(=O)CCc3nc(-c4ccccc4)c(-c4ccccc4)o3)ccc21. The topological polar surface area (TPSA) is 75.4 Å². The standard InChI is InChI=1S/C28H25N3O3/c1-19(32)31-17-16-22-18-23(12-13-24(22)31)29-25(33)14-15-26-30-27(20-8-4-2-5-9-20)28(34-26)21-10-6-3-7-11-21/h2-13,18H,14-17H2,1H3,(H,29,33). The molecule has 2 amide bonds. The van der Waals surface area contributed by atoms with Crippen LogP contribution in [0.2, 0.25) is 0 Å². The molecule has 2 heterocycles. The van der Waals surface area contributed by atoms with Gasteiger partial charge in [-0.05, 0) is 30.2 Å². The van der Waals surface area contributed by atoms with E-state index >= 15 is 0 Å². The van der Waals surface area contributed by atoms with Gasteiger partial charge in [-0.2, -0.15) is 0 Å². The molecule has 1 aliphatic rings. The summed E-state index contributed by atoms with van der Waals surface area (Å²) in [5.74, 6) is 1.16. The van der Waals surface area contributed by atoms with E-state index < -0.39 is 0 Å².